The first-order chi connectivity index (χ1) is 13.1. The van der Waals surface area contributed by atoms with Crippen molar-refractivity contribution in [3.8, 4) is 11.8 Å². The van der Waals surface area contributed by atoms with Gasteiger partial charge in [0.05, 0.1) is 22.9 Å². The van der Waals surface area contributed by atoms with Crippen molar-refractivity contribution in [2.24, 2.45) is 0 Å². The van der Waals surface area contributed by atoms with Crippen LogP contribution in [-0.4, -0.2) is 38.2 Å². The Labute approximate surface area is 154 Å². The van der Waals surface area contributed by atoms with Crippen molar-refractivity contribution in [2.45, 2.75) is 13.0 Å². The molecule has 2 aromatic carbocycles. The Bertz CT molecular complexity index is 1010. The largest absolute Gasteiger partial charge is 0.449 e. The first-order valence-electron chi connectivity index (χ1n) is 7.93. The molecule has 1 heterocycles. The van der Waals surface area contributed by atoms with Crippen LogP contribution in [0, 0.1) is 11.3 Å². The number of nitrogens with one attached hydrogen (secondary N) is 1. The van der Waals surface area contributed by atoms with Crippen LogP contribution in [0.15, 0.2) is 54.9 Å². The summed E-state index contributed by atoms with van der Waals surface area (Å²) in [4.78, 5) is 24.8. The van der Waals surface area contributed by atoms with Gasteiger partial charge in [-0.15, -0.1) is 5.10 Å². The molecule has 0 aliphatic heterocycles. The molecule has 3 aromatic rings. The van der Waals surface area contributed by atoms with Gasteiger partial charge in [-0.25, -0.2) is 4.79 Å². The number of benzene rings is 2. The number of aromatic nitrogens is 4. The van der Waals surface area contributed by atoms with Gasteiger partial charge in [0.1, 0.15) is 6.33 Å². The van der Waals surface area contributed by atoms with Crippen LogP contribution < -0.4 is 5.32 Å². The second-order valence-corrected chi connectivity index (χ2v) is 5.50. The predicted molar refractivity (Wildman–Crippen MR) is 93.8 cm³/mol. The Morgan fingerprint density at radius 1 is 1.22 bits per heavy atom. The Kier molecular flexibility index (Phi) is 5.18. The highest BCUT2D eigenvalue weighted by Gasteiger charge is 2.21. The summed E-state index contributed by atoms with van der Waals surface area (Å²) >= 11 is 0. The molecule has 9 heteroatoms. The number of tetrazole rings is 1. The molecule has 0 saturated heterocycles. The number of nitrogens with zero attached hydrogens (tertiary/aromatic N) is 5. The molecule has 1 atom stereocenters. The minimum Gasteiger partial charge on any atom is -0.449 e. The number of hydrogen-bond acceptors (Lipinski definition) is 7. The fraction of sp³-hybridized carbons (Fsp3) is 0.111. The molecular formula is C18H14N6O3. The second kappa shape index (κ2) is 7.88. The van der Waals surface area contributed by atoms with Crippen LogP contribution >= 0.6 is 0 Å². The van der Waals surface area contributed by atoms with E-state index in [0.29, 0.717) is 16.9 Å². The number of rotatable bonds is 5. The fourth-order valence-corrected chi connectivity index (χ4v) is 2.31. The van der Waals surface area contributed by atoms with Crippen LogP contribution in [0.5, 0.6) is 0 Å². The molecule has 1 N–H and O–H groups in total. The highest BCUT2D eigenvalue weighted by atomic mass is 16.5. The molecule has 27 heavy (non-hydrogen) atoms. The predicted octanol–water partition coefficient (Wildman–Crippen LogP) is 1.72. The third-order valence-electron chi connectivity index (χ3n) is 3.63. The third-order valence-corrected chi connectivity index (χ3v) is 3.63. The number of hydrogen-bond donors (Lipinski definition) is 1. The number of esters is 1. The molecule has 134 valence electrons. The van der Waals surface area contributed by atoms with Crippen LogP contribution in [0.3, 0.4) is 0 Å². The van der Waals surface area contributed by atoms with E-state index in [2.05, 4.69) is 20.8 Å². The molecule has 0 radical (unpaired) electrons. The smallest absolute Gasteiger partial charge is 0.341 e. The average Bonchev–Trinajstić information content (AvgIpc) is 3.22. The van der Waals surface area contributed by atoms with Crippen molar-refractivity contribution in [1.82, 2.24) is 20.2 Å². The van der Waals surface area contributed by atoms with Crippen LogP contribution in [0.1, 0.15) is 22.8 Å². The Balaban J connectivity index is 1.71. The molecule has 0 saturated carbocycles. The molecule has 0 aliphatic carbocycles. The molecule has 0 spiro atoms. The number of amides is 1. The maximum atomic E-state index is 12.5. The van der Waals surface area contributed by atoms with Gasteiger partial charge in [-0.1, -0.05) is 18.2 Å². The highest BCUT2D eigenvalue weighted by Crippen LogP contribution is 2.16. The van der Waals surface area contributed by atoms with E-state index < -0.39 is 18.0 Å². The topological polar surface area (TPSA) is 123 Å². The normalized spacial score (nSPS) is 11.3. The van der Waals surface area contributed by atoms with E-state index >= 15 is 0 Å². The number of ether oxygens (including phenoxy) is 1. The molecule has 3 rings (SSSR count). The lowest BCUT2D eigenvalue weighted by Crippen LogP contribution is -2.30. The Morgan fingerprint density at radius 2 is 2.04 bits per heavy atom. The number of nitriles is 1. The summed E-state index contributed by atoms with van der Waals surface area (Å²) in [6, 6.07) is 15.0. The zero-order valence-electron chi connectivity index (χ0n) is 14.2. The zero-order chi connectivity index (χ0) is 19.2. The van der Waals surface area contributed by atoms with Gasteiger partial charge >= 0.3 is 5.97 Å². The first kappa shape index (κ1) is 17.8. The van der Waals surface area contributed by atoms with E-state index in [-0.39, 0.29) is 5.56 Å². The van der Waals surface area contributed by atoms with Crippen LogP contribution in [0.2, 0.25) is 0 Å². The van der Waals surface area contributed by atoms with E-state index in [1.54, 1.807) is 42.5 Å². The first-order valence-corrected chi connectivity index (χ1v) is 7.93. The lowest BCUT2D eigenvalue weighted by molar-refractivity contribution is -0.123. The monoisotopic (exact) mass is 362 g/mol. The van der Waals surface area contributed by atoms with Crippen LogP contribution in [0.25, 0.3) is 5.69 Å². The van der Waals surface area contributed by atoms with Gasteiger partial charge in [-0.3, -0.25) is 4.79 Å². The van der Waals surface area contributed by atoms with Crippen molar-refractivity contribution in [3.63, 3.8) is 0 Å². The molecule has 0 fully saturated rings. The van der Waals surface area contributed by atoms with E-state index in [9.17, 15) is 9.59 Å². The lowest BCUT2D eigenvalue weighted by Gasteiger charge is -2.15. The summed E-state index contributed by atoms with van der Waals surface area (Å²) in [5, 5.41) is 22.4. The summed E-state index contributed by atoms with van der Waals surface area (Å²) in [6.45, 7) is 1.46. The van der Waals surface area contributed by atoms with Gasteiger partial charge in [-0.2, -0.15) is 9.94 Å². The molecule has 0 unspecified atom stereocenters. The lowest BCUT2D eigenvalue weighted by atomic mass is 10.2. The van der Waals surface area contributed by atoms with Crippen molar-refractivity contribution >= 4 is 17.6 Å². The van der Waals surface area contributed by atoms with Gasteiger partial charge < -0.3 is 10.1 Å². The number of para-hydroxylation sites is 1. The van der Waals surface area contributed by atoms with E-state index in [1.165, 1.54) is 24.0 Å². The van der Waals surface area contributed by atoms with Gasteiger partial charge in [-0.05, 0) is 47.7 Å². The third kappa shape index (κ3) is 4.13. The van der Waals surface area contributed by atoms with E-state index in [1.807, 2.05) is 6.07 Å². The zero-order valence-corrected chi connectivity index (χ0v) is 14.2. The summed E-state index contributed by atoms with van der Waals surface area (Å²) in [6.07, 6.45) is 0.301. The average molecular weight is 362 g/mol. The number of anilines is 1. The van der Waals surface area contributed by atoms with Crippen LogP contribution in [-0.2, 0) is 9.53 Å². The standard InChI is InChI=1S/C18H14N6O3/c1-12(17(25)21-14-6-4-5-13(9-14)10-19)27-18(26)15-7-2-3-8-16(15)24-11-20-22-23-24/h2-9,11-12H,1H3,(H,21,25)/t12-/m1/s1. The van der Waals surface area contributed by atoms with Gasteiger partial charge in [0.15, 0.2) is 6.10 Å². The minimum atomic E-state index is -1.05. The molecule has 1 aromatic heterocycles. The maximum Gasteiger partial charge on any atom is 0.341 e. The minimum absolute atomic E-state index is 0.218. The SMILES string of the molecule is C[C@@H](OC(=O)c1ccccc1-n1cnnn1)C(=O)Nc1cccc(C#N)c1. The van der Waals surface area contributed by atoms with Gasteiger partial charge in [0.2, 0.25) is 0 Å². The molecule has 0 aliphatic rings. The fourth-order valence-electron chi connectivity index (χ4n) is 2.31. The number of carbonyl (C=O) groups excluding carboxylic acids is 2. The van der Waals surface area contributed by atoms with Crippen molar-refractivity contribution < 1.29 is 14.3 Å². The molecule has 9 nitrogen and oxygen atoms in total. The second-order valence-electron chi connectivity index (χ2n) is 5.50. The Hall–Kier alpha value is -4.06. The Morgan fingerprint density at radius 3 is 2.78 bits per heavy atom. The quantitative estimate of drug-likeness (QED) is 0.685. The highest BCUT2D eigenvalue weighted by molar-refractivity contribution is 5.98. The summed E-state index contributed by atoms with van der Waals surface area (Å²) < 4.78 is 6.60. The van der Waals surface area contributed by atoms with Crippen LogP contribution in [0.4, 0.5) is 5.69 Å². The van der Waals surface area contributed by atoms with Gasteiger partial charge in [0, 0.05) is 5.69 Å². The molecule has 1 amide bonds. The van der Waals surface area contributed by atoms with Gasteiger partial charge in [0.25, 0.3) is 5.91 Å². The molecular weight excluding hydrogens is 348 g/mol. The van der Waals surface area contributed by atoms with Crippen molar-refractivity contribution in [3.05, 3.63) is 66.0 Å². The molecule has 0 bridgehead atoms. The maximum absolute atomic E-state index is 12.5. The van der Waals surface area contributed by atoms with E-state index in [4.69, 9.17) is 10.00 Å². The summed E-state index contributed by atoms with van der Waals surface area (Å²) in [5.41, 5.74) is 1.50. The van der Waals surface area contributed by atoms with Crippen molar-refractivity contribution in [2.75, 3.05) is 5.32 Å². The van der Waals surface area contributed by atoms with Crippen molar-refractivity contribution in [1.29, 1.82) is 5.26 Å². The number of carbonyl (C=O) groups is 2. The van der Waals surface area contributed by atoms with E-state index in [0.717, 1.165) is 0 Å². The summed E-state index contributed by atoms with van der Waals surface area (Å²) in [7, 11) is 0. The summed E-state index contributed by atoms with van der Waals surface area (Å²) in [5.74, 6) is -1.20.